The fourth-order valence-electron chi connectivity index (χ4n) is 1.41. The summed E-state index contributed by atoms with van der Waals surface area (Å²) in [6.45, 7) is 3.47. The molecule has 8 nitrogen and oxygen atoms in total. The van der Waals surface area contributed by atoms with Crippen molar-refractivity contribution in [3.05, 3.63) is 35.7 Å². The smallest absolute Gasteiger partial charge is 0.264 e. The Bertz CT molecular complexity index is 714. The molecule has 0 radical (unpaired) electrons. The van der Waals surface area contributed by atoms with Crippen LogP contribution in [0.4, 0.5) is 11.6 Å². The number of hydrogen-bond acceptors (Lipinski definition) is 7. The molecule has 0 aliphatic carbocycles. The number of hydrogen-bond donors (Lipinski definition) is 3. The number of aryl methyl sites for hydroxylation is 2. The van der Waals surface area contributed by atoms with Crippen molar-refractivity contribution in [1.82, 2.24) is 15.2 Å². The van der Waals surface area contributed by atoms with Crippen LogP contribution in [0.1, 0.15) is 11.4 Å². The molecule has 0 aliphatic heterocycles. The number of rotatable bonds is 4. The van der Waals surface area contributed by atoms with Gasteiger partial charge in [0.05, 0.1) is 16.3 Å². The van der Waals surface area contributed by atoms with Gasteiger partial charge in [0.15, 0.2) is 0 Å². The number of anilines is 2. The average molecular weight is 294 g/mol. The van der Waals surface area contributed by atoms with Crippen LogP contribution in [-0.4, -0.2) is 23.6 Å². The molecule has 0 aliphatic rings. The third kappa shape index (κ3) is 3.00. The van der Waals surface area contributed by atoms with E-state index >= 15 is 0 Å². The normalized spacial score (nSPS) is 11.2. The lowest BCUT2D eigenvalue weighted by atomic mass is 10.3. The zero-order valence-corrected chi connectivity index (χ0v) is 11.8. The fraction of sp³-hybridized carbons (Fsp3) is 0.182. The van der Waals surface area contributed by atoms with Gasteiger partial charge < -0.3 is 5.43 Å². The third-order valence-electron chi connectivity index (χ3n) is 2.65. The molecule has 106 valence electrons. The highest BCUT2D eigenvalue weighted by molar-refractivity contribution is 7.92. The summed E-state index contributed by atoms with van der Waals surface area (Å²) in [7, 11) is -3.75. The number of nitrogens with zero attached hydrogens (tertiary/aromatic N) is 3. The molecule has 0 amide bonds. The largest absolute Gasteiger partial charge is 0.324 e. The third-order valence-corrected chi connectivity index (χ3v) is 3.99. The Balaban J connectivity index is 2.27. The number of sulfonamides is 1. The SMILES string of the molecule is Cc1nnc(NS(=O)(=O)c2ccc(NN)cc2)nc1C. The number of benzene rings is 1. The van der Waals surface area contributed by atoms with Gasteiger partial charge >= 0.3 is 0 Å². The predicted octanol–water partition coefficient (Wildman–Crippen LogP) is 0.575. The summed E-state index contributed by atoms with van der Waals surface area (Å²) >= 11 is 0. The van der Waals surface area contributed by atoms with Crippen molar-refractivity contribution in [2.75, 3.05) is 10.1 Å². The first-order chi connectivity index (χ1) is 9.42. The molecule has 2 aromatic rings. The van der Waals surface area contributed by atoms with Gasteiger partial charge in [-0.25, -0.2) is 18.1 Å². The zero-order valence-electron chi connectivity index (χ0n) is 11.0. The van der Waals surface area contributed by atoms with Gasteiger partial charge in [0, 0.05) is 5.69 Å². The molecule has 1 aromatic heterocycles. The lowest BCUT2D eigenvalue weighted by molar-refractivity contribution is 0.600. The van der Waals surface area contributed by atoms with E-state index in [0.717, 1.165) is 0 Å². The Morgan fingerprint density at radius 3 is 2.25 bits per heavy atom. The van der Waals surface area contributed by atoms with E-state index in [1.54, 1.807) is 26.0 Å². The second kappa shape index (κ2) is 5.39. The highest BCUT2D eigenvalue weighted by atomic mass is 32.2. The van der Waals surface area contributed by atoms with Crippen molar-refractivity contribution in [3.63, 3.8) is 0 Å². The van der Waals surface area contributed by atoms with Gasteiger partial charge in [0.2, 0.25) is 0 Å². The maximum atomic E-state index is 12.1. The van der Waals surface area contributed by atoms with Crippen LogP contribution in [0.3, 0.4) is 0 Å². The van der Waals surface area contributed by atoms with E-state index in [-0.39, 0.29) is 10.8 Å². The van der Waals surface area contributed by atoms with Crippen molar-refractivity contribution < 1.29 is 8.42 Å². The molecule has 0 saturated heterocycles. The Morgan fingerprint density at radius 2 is 1.70 bits per heavy atom. The zero-order chi connectivity index (χ0) is 14.8. The monoisotopic (exact) mass is 294 g/mol. The molecule has 4 N–H and O–H groups in total. The van der Waals surface area contributed by atoms with Crippen LogP contribution >= 0.6 is 0 Å². The quantitative estimate of drug-likeness (QED) is 0.556. The van der Waals surface area contributed by atoms with Crippen molar-refractivity contribution >= 4 is 21.7 Å². The van der Waals surface area contributed by atoms with E-state index in [1.807, 2.05) is 0 Å². The van der Waals surface area contributed by atoms with E-state index in [4.69, 9.17) is 5.84 Å². The maximum Gasteiger partial charge on any atom is 0.264 e. The number of nitrogen functional groups attached to an aromatic ring is 1. The van der Waals surface area contributed by atoms with Gasteiger partial charge in [-0.05, 0) is 38.1 Å². The topological polar surface area (TPSA) is 123 Å². The van der Waals surface area contributed by atoms with Gasteiger partial charge in [-0.3, -0.25) is 5.84 Å². The lowest BCUT2D eigenvalue weighted by Crippen LogP contribution is -2.16. The first kappa shape index (κ1) is 14.2. The van der Waals surface area contributed by atoms with Gasteiger partial charge in [0.25, 0.3) is 16.0 Å². The van der Waals surface area contributed by atoms with Crippen molar-refractivity contribution in [1.29, 1.82) is 0 Å². The van der Waals surface area contributed by atoms with E-state index in [1.165, 1.54) is 12.1 Å². The Kier molecular flexibility index (Phi) is 3.81. The summed E-state index contributed by atoms with van der Waals surface area (Å²) in [5.41, 5.74) is 4.28. The van der Waals surface area contributed by atoms with E-state index in [2.05, 4.69) is 25.3 Å². The molecule has 20 heavy (non-hydrogen) atoms. The molecule has 9 heteroatoms. The van der Waals surface area contributed by atoms with Gasteiger partial charge in [-0.15, -0.1) is 5.10 Å². The standard InChI is InChI=1S/C11H14N6O2S/c1-7-8(2)15-16-11(13-7)17-20(18,19)10-5-3-9(14-12)4-6-10/h3-6,14H,12H2,1-2H3,(H,13,16,17). The summed E-state index contributed by atoms with van der Waals surface area (Å²) in [6.07, 6.45) is 0. The molecule has 1 heterocycles. The average Bonchev–Trinajstić information content (AvgIpc) is 2.43. The van der Waals surface area contributed by atoms with Gasteiger partial charge in [-0.1, -0.05) is 0 Å². The minimum Gasteiger partial charge on any atom is -0.324 e. The first-order valence-corrected chi connectivity index (χ1v) is 7.18. The highest BCUT2D eigenvalue weighted by Crippen LogP contribution is 2.15. The number of aromatic nitrogens is 3. The van der Waals surface area contributed by atoms with E-state index < -0.39 is 10.0 Å². The van der Waals surface area contributed by atoms with Crippen LogP contribution < -0.4 is 16.0 Å². The van der Waals surface area contributed by atoms with Gasteiger partial charge in [0.1, 0.15) is 0 Å². The minimum absolute atomic E-state index is 0.0610. The highest BCUT2D eigenvalue weighted by Gasteiger charge is 2.16. The molecule has 1 aromatic carbocycles. The van der Waals surface area contributed by atoms with Crippen LogP contribution in [0.5, 0.6) is 0 Å². The Labute approximate surface area is 116 Å². The summed E-state index contributed by atoms with van der Waals surface area (Å²) in [5.74, 6) is 5.16. The summed E-state index contributed by atoms with van der Waals surface area (Å²) in [6, 6.07) is 5.94. The number of nitrogens with one attached hydrogen (secondary N) is 2. The van der Waals surface area contributed by atoms with Crippen LogP contribution in [0.2, 0.25) is 0 Å². The van der Waals surface area contributed by atoms with Gasteiger partial charge in [-0.2, -0.15) is 5.10 Å². The maximum absolute atomic E-state index is 12.1. The van der Waals surface area contributed by atoms with E-state index in [9.17, 15) is 8.42 Å². The summed E-state index contributed by atoms with van der Waals surface area (Å²) < 4.78 is 26.5. The Morgan fingerprint density at radius 1 is 1.05 bits per heavy atom. The van der Waals surface area contributed by atoms with E-state index in [0.29, 0.717) is 17.1 Å². The molecular weight excluding hydrogens is 280 g/mol. The van der Waals surface area contributed by atoms with Crippen LogP contribution in [0.15, 0.2) is 29.2 Å². The molecule has 0 spiro atoms. The van der Waals surface area contributed by atoms with Crippen molar-refractivity contribution in [2.24, 2.45) is 5.84 Å². The van der Waals surface area contributed by atoms with Crippen molar-refractivity contribution in [3.8, 4) is 0 Å². The first-order valence-electron chi connectivity index (χ1n) is 5.70. The molecular formula is C11H14N6O2S. The fourth-order valence-corrected chi connectivity index (χ4v) is 2.35. The lowest BCUT2D eigenvalue weighted by Gasteiger charge is -2.08. The number of nitrogens with two attached hydrogens (primary N) is 1. The van der Waals surface area contributed by atoms with Crippen LogP contribution in [-0.2, 0) is 10.0 Å². The molecule has 0 saturated carbocycles. The minimum atomic E-state index is -3.75. The predicted molar refractivity (Wildman–Crippen MR) is 74.4 cm³/mol. The molecule has 0 fully saturated rings. The molecule has 0 atom stereocenters. The molecule has 2 rings (SSSR count). The molecule has 0 unspecified atom stereocenters. The summed E-state index contributed by atoms with van der Waals surface area (Å²) in [4.78, 5) is 4.10. The van der Waals surface area contributed by atoms with Crippen LogP contribution in [0.25, 0.3) is 0 Å². The number of hydrazine groups is 1. The molecule has 0 bridgehead atoms. The Hall–Kier alpha value is -2.26. The van der Waals surface area contributed by atoms with Crippen LogP contribution in [0, 0.1) is 13.8 Å². The summed E-state index contributed by atoms with van der Waals surface area (Å²) in [5, 5.41) is 7.52. The second-order valence-corrected chi connectivity index (χ2v) is 5.76. The second-order valence-electron chi connectivity index (χ2n) is 4.08. The van der Waals surface area contributed by atoms with Crippen molar-refractivity contribution in [2.45, 2.75) is 18.7 Å².